The van der Waals surface area contributed by atoms with Gasteiger partial charge < -0.3 is 45.6 Å². The van der Waals surface area contributed by atoms with Crippen LogP contribution in [-0.4, -0.2) is 98.3 Å². The number of fused-ring (bicyclic) bond motifs is 3. The van der Waals surface area contributed by atoms with Crippen LogP contribution in [0.25, 0.3) is 0 Å². The summed E-state index contributed by atoms with van der Waals surface area (Å²) in [6.45, 7) is 2.07. The summed E-state index contributed by atoms with van der Waals surface area (Å²) in [6.07, 6.45) is -12.8. The molecule has 0 radical (unpaired) electrons. The molecule has 7 N–H and O–H groups in total. The number of aliphatic hydroxyl groups is 3. The van der Waals surface area contributed by atoms with Gasteiger partial charge in [-0.3, -0.25) is 19.2 Å². The minimum Gasteiger partial charge on any atom is -0.507 e. The standard InChI is InChI=1S/C30H31F3N2O11/c1-11-23(38)16(35-28(43)30(31,32)33)8-18(45-11)46-17-10-29(44,12(2)37)9-14-20(17)27(42)22-21(25(14)40)24(39)13-4-3-5-15(34-6-7-36)19(13)26(22)41/h3-5,11,16-18,23,34,36,38,40,42,44H,6-10H2,1-2H3,(H,35,43). The molecule has 6 unspecified atom stereocenters. The maximum Gasteiger partial charge on any atom is 0.471 e. The predicted octanol–water partition coefficient (Wildman–Crippen LogP) is 1.14. The van der Waals surface area contributed by atoms with E-state index in [9.17, 15) is 57.9 Å². The summed E-state index contributed by atoms with van der Waals surface area (Å²) in [7, 11) is 0. The SMILES string of the molecule is CC(=O)C1(O)Cc2c(O)c3c(c(O)c2C(OC2CC(NC(=O)C(F)(F)F)C(O)C(C)O2)C1)C(=O)c1c(NCCO)cccc1C3=O. The molecule has 1 aliphatic heterocycles. The zero-order valence-corrected chi connectivity index (χ0v) is 24.5. The van der Waals surface area contributed by atoms with E-state index in [0.29, 0.717) is 0 Å². The number of halogens is 3. The molecule has 0 aromatic heterocycles. The molecule has 1 saturated heterocycles. The third-order valence-corrected chi connectivity index (χ3v) is 8.57. The number of hydrogen-bond acceptors (Lipinski definition) is 12. The Morgan fingerprint density at radius 1 is 1.11 bits per heavy atom. The van der Waals surface area contributed by atoms with Gasteiger partial charge in [-0.25, -0.2) is 0 Å². The predicted molar refractivity (Wildman–Crippen MR) is 149 cm³/mol. The number of phenols is 2. The molecule has 0 saturated carbocycles. The van der Waals surface area contributed by atoms with Crippen molar-refractivity contribution in [1.29, 1.82) is 0 Å². The van der Waals surface area contributed by atoms with Gasteiger partial charge in [-0.2, -0.15) is 13.2 Å². The summed E-state index contributed by atoms with van der Waals surface area (Å²) >= 11 is 0. The number of hydrogen-bond donors (Lipinski definition) is 7. The fraction of sp³-hybridized carbons (Fsp3) is 0.467. The highest BCUT2D eigenvalue weighted by Crippen LogP contribution is 2.52. The molecule has 46 heavy (non-hydrogen) atoms. The number of nitrogens with one attached hydrogen (secondary N) is 2. The van der Waals surface area contributed by atoms with Crippen LogP contribution in [0.2, 0.25) is 0 Å². The molecule has 248 valence electrons. The van der Waals surface area contributed by atoms with Gasteiger partial charge in [0.25, 0.3) is 0 Å². The lowest BCUT2D eigenvalue weighted by Crippen LogP contribution is -2.57. The molecule has 1 amide bonds. The van der Waals surface area contributed by atoms with Crippen molar-refractivity contribution in [3.05, 3.63) is 51.6 Å². The number of aliphatic hydroxyl groups excluding tert-OH is 2. The summed E-state index contributed by atoms with van der Waals surface area (Å²) in [5.74, 6) is -6.40. The number of amides is 1. The van der Waals surface area contributed by atoms with E-state index < -0.39 is 108 Å². The Balaban J connectivity index is 1.59. The monoisotopic (exact) mass is 652 g/mol. The first-order valence-corrected chi connectivity index (χ1v) is 14.3. The van der Waals surface area contributed by atoms with Gasteiger partial charge in [-0.05, 0) is 19.9 Å². The second kappa shape index (κ2) is 11.9. The molecule has 1 heterocycles. The molecule has 0 spiro atoms. The van der Waals surface area contributed by atoms with Crippen LogP contribution >= 0.6 is 0 Å². The fourth-order valence-corrected chi connectivity index (χ4v) is 6.22. The molecule has 2 aromatic rings. The molecule has 3 aliphatic rings. The van der Waals surface area contributed by atoms with Crippen molar-refractivity contribution in [2.75, 3.05) is 18.5 Å². The summed E-state index contributed by atoms with van der Waals surface area (Å²) in [5, 5.41) is 58.5. The average molecular weight is 653 g/mol. The van der Waals surface area contributed by atoms with Gasteiger partial charge in [-0.1, -0.05) is 12.1 Å². The Bertz CT molecular complexity index is 1630. The number of carbonyl (C=O) groups excluding carboxylic acids is 4. The van der Waals surface area contributed by atoms with Crippen molar-refractivity contribution in [1.82, 2.24) is 5.32 Å². The largest absolute Gasteiger partial charge is 0.507 e. The average Bonchev–Trinajstić information content (AvgIpc) is 2.98. The number of benzene rings is 2. The van der Waals surface area contributed by atoms with Crippen LogP contribution in [0.15, 0.2) is 18.2 Å². The normalized spacial score (nSPS) is 27.3. The number of phenolic OH excluding ortho intramolecular Hbond substituents is 2. The van der Waals surface area contributed by atoms with Gasteiger partial charge >= 0.3 is 12.1 Å². The number of ketones is 3. The zero-order valence-electron chi connectivity index (χ0n) is 24.5. The lowest BCUT2D eigenvalue weighted by Gasteiger charge is -2.42. The molecular formula is C30H31F3N2O11. The second-order valence-electron chi connectivity index (χ2n) is 11.5. The first kappa shape index (κ1) is 33.3. The number of aromatic hydroxyl groups is 2. The topological polar surface area (TPSA) is 212 Å². The van der Waals surface area contributed by atoms with Crippen LogP contribution in [0, 0.1) is 0 Å². The number of alkyl halides is 3. The summed E-state index contributed by atoms with van der Waals surface area (Å²) in [4.78, 5) is 51.8. The minimum absolute atomic E-state index is 0.0185. The third-order valence-electron chi connectivity index (χ3n) is 8.57. The van der Waals surface area contributed by atoms with E-state index in [4.69, 9.17) is 9.47 Å². The number of carbonyl (C=O) groups is 4. The second-order valence-corrected chi connectivity index (χ2v) is 11.5. The molecule has 13 nitrogen and oxygen atoms in total. The fourth-order valence-electron chi connectivity index (χ4n) is 6.22. The van der Waals surface area contributed by atoms with E-state index in [0.717, 1.165) is 6.92 Å². The highest BCUT2D eigenvalue weighted by Gasteiger charge is 2.50. The number of anilines is 1. The smallest absolute Gasteiger partial charge is 0.471 e. The molecule has 1 fully saturated rings. The van der Waals surface area contributed by atoms with Gasteiger partial charge in [0.1, 0.15) is 23.2 Å². The molecule has 2 aromatic carbocycles. The van der Waals surface area contributed by atoms with Crippen LogP contribution in [0.5, 0.6) is 11.5 Å². The van der Waals surface area contributed by atoms with Crippen molar-refractivity contribution in [2.24, 2.45) is 0 Å². The molecule has 2 aliphatic carbocycles. The van der Waals surface area contributed by atoms with Crippen molar-refractivity contribution in [3.8, 4) is 11.5 Å². The Kier molecular flexibility index (Phi) is 8.63. The van der Waals surface area contributed by atoms with Crippen LogP contribution in [0.4, 0.5) is 18.9 Å². The Morgan fingerprint density at radius 2 is 1.78 bits per heavy atom. The molecule has 16 heteroatoms. The third kappa shape index (κ3) is 5.60. The Labute approximate surface area is 258 Å². The molecular weight excluding hydrogens is 621 g/mol. The number of ether oxygens (including phenoxy) is 2. The van der Waals surface area contributed by atoms with Gasteiger partial charge in [0, 0.05) is 48.2 Å². The maximum absolute atomic E-state index is 13.9. The van der Waals surface area contributed by atoms with E-state index in [1.54, 1.807) is 5.32 Å². The lowest BCUT2D eigenvalue weighted by atomic mass is 9.72. The number of Topliss-reactive ketones (excluding diaryl/α,β-unsaturated/α-hetero) is 1. The summed E-state index contributed by atoms with van der Waals surface area (Å²) in [5.41, 5.74) is -4.02. The van der Waals surface area contributed by atoms with Crippen molar-refractivity contribution in [3.63, 3.8) is 0 Å². The molecule has 0 bridgehead atoms. The van der Waals surface area contributed by atoms with Crippen LogP contribution in [0.3, 0.4) is 0 Å². The summed E-state index contributed by atoms with van der Waals surface area (Å²) in [6, 6.07) is 2.77. The van der Waals surface area contributed by atoms with Crippen LogP contribution < -0.4 is 10.6 Å². The Hall–Kier alpha value is -4.09. The maximum atomic E-state index is 13.9. The van der Waals surface area contributed by atoms with Crippen molar-refractivity contribution in [2.45, 2.75) is 75.5 Å². The first-order chi connectivity index (χ1) is 21.5. The van der Waals surface area contributed by atoms with E-state index >= 15 is 0 Å². The van der Waals surface area contributed by atoms with Crippen LogP contribution in [0.1, 0.15) is 75.8 Å². The zero-order chi connectivity index (χ0) is 33.9. The summed E-state index contributed by atoms with van der Waals surface area (Å²) < 4.78 is 50.4. The lowest BCUT2D eigenvalue weighted by molar-refractivity contribution is -0.250. The quantitative estimate of drug-likeness (QED) is 0.179. The van der Waals surface area contributed by atoms with Crippen molar-refractivity contribution >= 4 is 28.9 Å². The van der Waals surface area contributed by atoms with E-state index in [1.165, 1.54) is 25.1 Å². The highest BCUT2D eigenvalue weighted by molar-refractivity contribution is 6.32. The van der Waals surface area contributed by atoms with E-state index in [1.807, 2.05) is 0 Å². The minimum atomic E-state index is -5.25. The van der Waals surface area contributed by atoms with E-state index in [2.05, 4.69) is 5.32 Å². The van der Waals surface area contributed by atoms with Gasteiger partial charge in [0.2, 0.25) is 0 Å². The van der Waals surface area contributed by atoms with Crippen molar-refractivity contribution < 1.29 is 67.4 Å². The van der Waals surface area contributed by atoms with E-state index in [-0.39, 0.29) is 41.1 Å². The van der Waals surface area contributed by atoms with Gasteiger partial charge in [0.05, 0.1) is 41.5 Å². The van der Waals surface area contributed by atoms with Crippen LogP contribution in [-0.2, 0) is 25.5 Å². The van der Waals surface area contributed by atoms with Gasteiger partial charge in [0.15, 0.2) is 23.6 Å². The first-order valence-electron chi connectivity index (χ1n) is 14.3. The number of rotatable bonds is 7. The highest BCUT2D eigenvalue weighted by atomic mass is 19.4. The molecule has 5 rings (SSSR count). The van der Waals surface area contributed by atoms with Gasteiger partial charge in [-0.15, -0.1) is 0 Å². The molecule has 6 atom stereocenters. The Morgan fingerprint density at radius 3 is 2.41 bits per heavy atom.